The van der Waals surface area contributed by atoms with Gasteiger partial charge in [0.2, 0.25) is 11.8 Å². The molecule has 4 aliphatic rings. The summed E-state index contributed by atoms with van der Waals surface area (Å²) in [6.07, 6.45) is 8.01. The molecule has 21 heteroatoms. The van der Waals surface area contributed by atoms with Gasteiger partial charge in [-0.15, -0.1) is 11.3 Å². The zero-order valence-corrected chi connectivity index (χ0v) is 40.1. The van der Waals surface area contributed by atoms with Crippen molar-refractivity contribution in [1.29, 1.82) is 0 Å². The molecular formula is C49H61BF2N8O9S. The Hall–Kier alpha value is -5.49. The van der Waals surface area contributed by atoms with Gasteiger partial charge in [0.05, 0.1) is 101 Å². The highest BCUT2D eigenvalue weighted by molar-refractivity contribution is 7.12. The number of anilines is 3. The van der Waals surface area contributed by atoms with E-state index in [0.29, 0.717) is 131 Å². The van der Waals surface area contributed by atoms with Gasteiger partial charge in [-0.25, -0.2) is 4.98 Å². The fraction of sp³-hybridized carbons (Fsp3) is 0.449. The van der Waals surface area contributed by atoms with Gasteiger partial charge in [0, 0.05) is 82.4 Å². The van der Waals surface area contributed by atoms with Gasteiger partial charge < -0.3 is 61.6 Å². The van der Waals surface area contributed by atoms with Gasteiger partial charge in [-0.3, -0.25) is 24.2 Å². The van der Waals surface area contributed by atoms with Crippen LogP contribution in [0.1, 0.15) is 39.5 Å². The van der Waals surface area contributed by atoms with E-state index < -0.39 is 6.97 Å². The average Bonchev–Trinajstić information content (AvgIpc) is 4.14. The fourth-order valence-electron chi connectivity index (χ4n) is 8.74. The molecule has 70 heavy (non-hydrogen) atoms. The number of pyridine rings is 1. The molecule has 0 atom stereocenters. The Bertz CT molecular complexity index is 2480. The maximum absolute atomic E-state index is 16.0. The summed E-state index contributed by atoms with van der Waals surface area (Å²) in [7, 11) is 0. The molecule has 4 aromatic rings. The van der Waals surface area contributed by atoms with Crippen LogP contribution in [0.25, 0.3) is 6.08 Å². The van der Waals surface area contributed by atoms with E-state index in [1.165, 1.54) is 11.3 Å². The molecule has 0 unspecified atom stereocenters. The van der Waals surface area contributed by atoms with Crippen LogP contribution in [0.4, 0.5) is 25.8 Å². The standard InChI is InChI=1S/C49H61BF2N8O9S/c51-50(52)59-38(10-11-39(59)36-40-12-14-44(60(40)50)45-9-4-35-70-45)13-15-46(61)53-17-24-65-26-28-67-30-32-69-34-33-68-31-29-66-27-25-64-23-5-18-56-19-21-57(22-20-56)37-47(62)58-43-8-2-1-6-41(43)49(63)55-42-7-3-16-54-48(42)58/h1-4,6-12,14,16,35-36H,5,13,15,17-34,37H2,(H,53,61)(H,55,63). The molecule has 1 fully saturated rings. The number of fused-ring (bicyclic) bond motifs is 4. The molecular weight excluding hydrogens is 925 g/mol. The number of amides is 3. The molecule has 17 nitrogen and oxygen atoms in total. The number of aryl methyl sites for hydroxylation is 1. The maximum atomic E-state index is 16.0. The number of piperazine rings is 1. The average molecular weight is 987 g/mol. The number of hydrogen-bond acceptors (Lipinski definition) is 13. The first-order chi connectivity index (χ1) is 34.3. The minimum absolute atomic E-state index is 0.0821. The molecule has 0 radical (unpaired) electrons. The van der Waals surface area contributed by atoms with E-state index in [-0.39, 0.29) is 37.1 Å². The highest BCUT2D eigenvalue weighted by Gasteiger charge is 2.52. The van der Waals surface area contributed by atoms with Crippen molar-refractivity contribution in [2.75, 3.05) is 135 Å². The molecule has 0 spiro atoms. The van der Waals surface area contributed by atoms with Crippen molar-refractivity contribution in [3.8, 4) is 0 Å². The summed E-state index contributed by atoms with van der Waals surface area (Å²) >= 11 is 1.42. The summed E-state index contributed by atoms with van der Waals surface area (Å²) in [5.41, 5.74) is 3.26. The van der Waals surface area contributed by atoms with Crippen molar-refractivity contribution in [1.82, 2.24) is 24.6 Å². The topological polar surface area (TPSA) is 161 Å². The van der Waals surface area contributed by atoms with Crippen molar-refractivity contribution in [2.45, 2.75) is 19.3 Å². The van der Waals surface area contributed by atoms with Gasteiger partial charge >= 0.3 is 6.97 Å². The van der Waals surface area contributed by atoms with E-state index in [1.54, 1.807) is 71.8 Å². The second-order valence-corrected chi connectivity index (χ2v) is 17.9. The highest BCUT2D eigenvalue weighted by Crippen LogP contribution is 2.37. The molecule has 1 saturated heterocycles. The minimum atomic E-state index is -4.13. The number of halogens is 2. The Balaban J connectivity index is 0.564. The van der Waals surface area contributed by atoms with Crippen LogP contribution in [-0.4, -0.2) is 179 Å². The first kappa shape index (κ1) is 50.9. The lowest BCUT2D eigenvalue weighted by molar-refractivity contribution is -0.360. The smallest absolute Gasteiger partial charge is 0.394 e. The molecule has 1 aromatic carbocycles. The van der Waals surface area contributed by atoms with Crippen LogP contribution in [0.3, 0.4) is 0 Å². The number of nitrogens with zero attached hydrogens (tertiary/aromatic N) is 6. The molecule has 8 rings (SSSR count). The van der Waals surface area contributed by atoms with Crippen molar-refractivity contribution in [3.63, 3.8) is 0 Å². The molecule has 3 amide bonds. The van der Waals surface area contributed by atoms with Crippen molar-refractivity contribution >= 4 is 65.0 Å². The number of ether oxygens (including phenoxy) is 6. The lowest BCUT2D eigenvalue weighted by atomic mass is 9.90. The molecule has 2 N–H and O–H groups in total. The van der Waals surface area contributed by atoms with Crippen molar-refractivity contribution < 1.29 is 55.9 Å². The predicted octanol–water partition coefficient (Wildman–Crippen LogP) is 4.68. The van der Waals surface area contributed by atoms with Crippen LogP contribution >= 0.6 is 11.3 Å². The van der Waals surface area contributed by atoms with Gasteiger partial charge in [0.25, 0.3) is 5.91 Å². The second-order valence-electron chi connectivity index (χ2n) is 16.9. The Morgan fingerprint density at radius 2 is 1.44 bits per heavy atom. The van der Waals surface area contributed by atoms with Gasteiger partial charge in [-0.1, -0.05) is 18.2 Å². The monoisotopic (exact) mass is 986 g/mol. The number of thiophene rings is 1. The zero-order chi connectivity index (χ0) is 48.5. The Morgan fingerprint density at radius 1 is 0.771 bits per heavy atom. The van der Waals surface area contributed by atoms with Crippen molar-refractivity contribution in [3.05, 3.63) is 112 Å². The first-order valence-electron chi connectivity index (χ1n) is 24.0. The molecule has 7 heterocycles. The van der Waals surface area contributed by atoms with E-state index >= 15 is 8.63 Å². The third kappa shape index (κ3) is 13.3. The van der Waals surface area contributed by atoms with E-state index in [4.69, 9.17) is 28.4 Å². The summed E-state index contributed by atoms with van der Waals surface area (Å²) < 4.78 is 67.8. The summed E-state index contributed by atoms with van der Waals surface area (Å²) in [5, 5.41) is 7.55. The number of nitrogens with one attached hydrogen (secondary N) is 2. The number of benzene rings is 1. The SMILES string of the molecule is O=C(CCc1ccc2n1[B-](F)(F)[N+]1=C(c3cccs3)C=CC1=C2)NCCOCCOCCOCCOCCOCCOCCCN1CCN(CC(=O)N2c3ccccc3C(=O)Nc3cccnc32)CC1. The number of rotatable bonds is 28. The van der Waals surface area contributed by atoms with Crippen molar-refractivity contribution in [2.24, 2.45) is 0 Å². The Morgan fingerprint density at radius 3 is 2.14 bits per heavy atom. The van der Waals surface area contributed by atoms with Gasteiger partial charge in [-0.05, 0) is 66.4 Å². The number of carbonyl (C=O) groups is 3. The van der Waals surface area contributed by atoms with Crippen LogP contribution in [0, 0.1) is 0 Å². The summed E-state index contributed by atoms with van der Waals surface area (Å²) in [6, 6.07) is 17.6. The molecule has 374 valence electrons. The normalized spacial score (nSPS) is 16.3. The van der Waals surface area contributed by atoms with E-state index in [9.17, 15) is 14.4 Å². The van der Waals surface area contributed by atoms with E-state index in [1.807, 2.05) is 23.6 Å². The number of carbonyl (C=O) groups excluding carboxylic acids is 3. The van der Waals surface area contributed by atoms with Crippen LogP contribution in [-0.2, 0) is 44.4 Å². The van der Waals surface area contributed by atoms with E-state index in [2.05, 4.69) is 25.4 Å². The van der Waals surface area contributed by atoms with Crippen LogP contribution in [0.2, 0.25) is 0 Å². The first-order valence-corrected chi connectivity index (χ1v) is 24.8. The lowest BCUT2D eigenvalue weighted by Crippen LogP contribution is -2.50. The predicted molar refractivity (Wildman–Crippen MR) is 263 cm³/mol. The largest absolute Gasteiger partial charge is 0.737 e. The Kier molecular flexibility index (Phi) is 18.6. The number of allylic oxidation sites excluding steroid dienone is 2. The van der Waals surface area contributed by atoms with Crippen LogP contribution in [0.5, 0.6) is 0 Å². The third-order valence-corrected chi connectivity index (χ3v) is 13.1. The van der Waals surface area contributed by atoms with Gasteiger partial charge in [-0.2, -0.15) is 0 Å². The summed E-state index contributed by atoms with van der Waals surface area (Å²) in [5.74, 6) is -0.200. The highest BCUT2D eigenvalue weighted by atomic mass is 32.1. The lowest BCUT2D eigenvalue weighted by Gasteiger charge is -2.35. The van der Waals surface area contributed by atoms with E-state index in [0.717, 1.165) is 53.0 Å². The molecule has 4 aliphatic heterocycles. The summed E-state index contributed by atoms with van der Waals surface area (Å²) in [4.78, 5) is 50.5. The maximum Gasteiger partial charge on any atom is 0.737 e. The summed E-state index contributed by atoms with van der Waals surface area (Å²) in [6.45, 7) is 5.92. The fourth-order valence-corrected chi connectivity index (χ4v) is 9.48. The number of para-hydroxylation sites is 1. The Labute approximate surface area is 410 Å². The molecule has 0 bridgehead atoms. The van der Waals surface area contributed by atoms with Crippen LogP contribution in [0.15, 0.2) is 90.1 Å². The quantitative estimate of drug-likeness (QED) is 0.0599. The number of aromatic nitrogens is 2. The zero-order valence-electron chi connectivity index (χ0n) is 39.3. The number of hydrogen-bond donors (Lipinski definition) is 2. The van der Waals surface area contributed by atoms with Gasteiger partial charge in [0.1, 0.15) is 0 Å². The second kappa shape index (κ2) is 25.6. The molecule has 3 aromatic heterocycles. The molecule has 0 aliphatic carbocycles. The molecule has 0 saturated carbocycles. The minimum Gasteiger partial charge on any atom is -0.394 e. The van der Waals surface area contributed by atoms with Gasteiger partial charge in [0.15, 0.2) is 17.2 Å². The van der Waals surface area contributed by atoms with Crippen LogP contribution < -0.4 is 15.5 Å². The third-order valence-electron chi connectivity index (χ3n) is 12.2.